The molecular formula is C20H22F3N5O9S. The largest absolute Gasteiger partial charge is 0.465 e. The number of nitro groups is 1. The summed E-state index contributed by atoms with van der Waals surface area (Å²) in [5.41, 5.74) is -4.23. The number of nitrogens with zero attached hydrogens (tertiary/aromatic N) is 3. The molecule has 1 aromatic heterocycles. The van der Waals surface area contributed by atoms with E-state index in [1.165, 1.54) is 13.8 Å². The summed E-state index contributed by atoms with van der Waals surface area (Å²) in [5.74, 6) is -1.72. The highest BCUT2D eigenvalue weighted by molar-refractivity contribution is 7.89. The van der Waals surface area contributed by atoms with E-state index < -0.39 is 86.6 Å². The van der Waals surface area contributed by atoms with E-state index in [9.17, 15) is 50.9 Å². The van der Waals surface area contributed by atoms with Crippen LogP contribution in [-0.4, -0.2) is 65.9 Å². The number of halogens is 3. The molecule has 0 bridgehead atoms. The Morgan fingerprint density at radius 1 is 1.26 bits per heavy atom. The number of nitro benzene ring substituents is 1. The van der Waals surface area contributed by atoms with Gasteiger partial charge in [0.1, 0.15) is 13.1 Å². The molecule has 2 rings (SSSR count). The number of hydrogen-bond donors (Lipinski definition) is 2. The van der Waals surface area contributed by atoms with Crippen molar-refractivity contribution in [3.63, 3.8) is 0 Å². The van der Waals surface area contributed by atoms with E-state index in [0.29, 0.717) is 12.1 Å². The van der Waals surface area contributed by atoms with Crippen LogP contribution in [0.3, 0.4) is 0 Å². The number of benzene rings is 1. The molecule has 0 aliphatic heterocycles. The number of aromatic nitrogens is 2. The van der Waals surface area contributed by atoms with Crippen molar-refractivity contribution < 1.29 is 40.8 Å². The minimum atomic E-state index is -4.96. The topological polar surface area (TPSA) is 191 Å². The van der Waals surface area contributed by atoms with Crippen molar-refractivity contribution in [3.05, 3.63) is 66.5 Å². The van der Waals surface area contributed by atoms with E-state index >= 15 is 0 Å². The van der Waals surface area contributed by atoms with E-state index in [1.54, 1.807) is 0 Å². The summed E-state index contributed by atoms with van der Waals surface area (Å²) in [7, 11) is -4.74. The second-order valence-corrected chi connectivity index (χ2v) is 9.39. The van der Waals surface area contributed by atoms with Gasteiger partial charge in [-0.3, -0.25) is 34.0 Å². The summed E-state index contributed by atoms with van der Waals surface area (Å²) in [5, 5.41) is 11.2. The first-order chi connectivity index (χ1) is 17.6. The number of sulfonamides is 1. The van der Waals surface area contributed by atoms with Gasteiger partial charge >= 0.3 is 17.8 Å². The molecule has 0 atom stereocenters. The van der Waals surface area contributed by atoms with Crippen LogP contribution in [0.15, 0.2) is 38.9 Å². The van der Waals surface area contributed by atoms with Crippen molar-refractivity contribution in [1.29, 1.82) is 0 Å². The normalized spacial score (nSPS) is 11.7. The SMILES string of the molecule is CCOC(=O)CN(CCNS(=O)(=O)c1ccc(C(F)(F)F)cc1[N+](=O)[O-])C(=O)Cn1cc(C)c(=O)[nH]c1=O. The molecule has 2 N–H and O–H groups in total. The maximum atomic E-state index is 12.9. The summed E-state index contributed by atoms with van der Waals surface area (Å²) in [6.07, 6.45) is -3.85. The average molecular weight is 565 g/mol. The molecule has 18 heteroatoms. The molecule has 2 aromatic rings. The van der Waals surface area contributed by atoms with Crippen molar-refractivity contribution in [3.8, 4) is 0 Å². The van der Waals surface area contributed by atoms with Crippen LogP contribution >= 0.6 is 0 Å². The smallest absolute Gasteiger partial charge is 0.416 e. The molecule has 0 aliphatic carbocycles. The number of ether oxygens (including phenoxy) is 1. The minimum Gasteiger partial charge on any atom is -0.465 e. The summed E-state index contributed by atoms with van der Waals surface area (Å²) in [6.45, 7) is 0.415. The summed E-state index contributed by atoms with van der Waals surface area (Å²) >= 11 is 0. The Hall–Kier alpha value is -4.06. The minimum absolute atomic E-state index is 0.0380. The molecule has 0 saturated carbocycles. The number of aryl methyl sites for hydroxylation is 1. The van der Waals surface area contributed by atoms with Crippen molar-refractivity contribution in [1.82, 2.24) is 19.2 Å². The first kappa shape index (κ1) is 30.2. The number of rotatable bonds is 11. The molecule has 1 heterocycles. The van der Waals surface area contributed by atoms with E-state index in [0.717, 1.165) is 15.7 Å². The lowest BCUT2D eigenvalue weighted by Gasteiger charge is -2.22. The zero-order valence-corrected chi connectivity index (χ0v) is 20.7. The standard InChI is InChI=1S/C20H22F3N5O9S/c1-3-37-17(30)11-26(16(29)10-27-9-12(2)18(31)25-19(27)32)7-6-24-38(35,36)15-5-4-13(20(21,22)23)8-14(15)28(33)34/h4-5,8-9,24H,3,6-7,10-11H2,1-2H3,(H,25,31,32). The van der Waals surface area contributed by atoms with Crippen LogP contribution in [0, 0.1) is 17.0 Å². The number of alkyl halides is 3. The highest BCUT2D eigenvalue weighted by Crippen LogP contribution is 2.34. The van der Waals surface area contributed by atoms with Crippen LogP contribution in [0.5, 0.6) is 0 Å². The lowest BCUT2D eigenvalue weighted by molar-refractivity contribution is -0.388. The molecule has 0 radical (unpaired) electrons. The molecule has 0 spiro atoms. The Kier molecular flexibility index (Phi) is 9.52. The van der Waals surface area contributed by atoms with Crippen LogP contribution < -0.4 is 16.0 Å². The van der Waals surface area contributed by atoms with E-state index in [-0.39, 0.29) is 18.2 Å². The zero-order valence-electron chi connectivity index (χ0n) is 19.9. The number of carbonyl (C=O) groups is 2. The van der Waals surface area contributed by atoms with E-state index in [1.807, 2.05) is 9.71 Å². The molecular weight excluding hydrogens is 543 g/mol. The van der Waals surface area contributed by atoms with Crippen molar-refractivity contribution in [2.75, 3.05) is 26.2 Å². The lowest BCUT2D eigenvalue weighted by atomic mass is 10.2. The molecule has 0 aliphatic rings. The number of H-pyrrole nitrogens is 1. The number of aromatic amines is 1. The number of carbonyl (C=O) groups excluding carboxylic acids is 2. The van der Waals surface area contributed by atoms with Crippen molar-refractivity contribution in [2.45, 2.75) is 31.5 Å². The fraction of sp³-hybridized carbons (Fsp3) is 0.400. The monoisotopic (exact) mass is 565 g/mol. The van der Waals surface area contributed by atoms with Gasteiger partial charge in [-0.1, -0.05) is 0 Å². The van der Waals surface area contributed by atoms with Crippen molar-refractivity contribution >= 4 is 27.6 Å². The number of esters is 1. The highest BCUT2D eigenvalue weighted by Gasteiger charge is 2.35. The summed E-state index contributed by atoms with van der Waals surface area (Å²) in [4.78, 5) is 60.0. The van der Waals surface area contributed by atoms with Crippen LogP contribution in [0.25, 0.3) is 0 Å². The molecule has 208 valence electrons. The Morgan fingerprint density at radius 2 is 1.92 bits per heavy atom. The predicted molar refractivity (Wildman–Crippen MR) is 123 cm³/mol. The van der Waals surface area contributed by atoms with Gasteiger partial charge < -0.3 is 9.64 Å². The van der Waals surface area contributed by atoms with Crippen LogP contribution in [0.4, 0.5) is 18.9 Å². The first-order valence-electron chi connectivity index (χ1n) is 10.7. The number of amides is 1. The lowest BCUT2D eigenvalue weighted by Crippen LogP contribution is -2.44. The Bertz CT molecular complexity index is 1450. The van der Waals surface area contributed by atoms with Gasteiger partial charge in [0.25, 0.3) is 11.2 Å². The van der Waals surface area contributed by atoms with E-state index in [4.69, 9.17) is 4.74 Å². The predicted octanol–water partition coefficient (Wildman–Crippen LogP) is 0.142. The highest BCUT2D eigenvalue weighted by atomic mass is 32.2. The van der Waals surface area contributed by atoms with Crippen LogP contribution in [0.2, 0.25) is 0 Å². The van der Waals surface area contributed by atoms with Gasteiger partial charge in [-0.15, -0.1) is 0 Å². The van der Waals surface area contributed by atoms with Crippen LogP contribution in [-0.2, 0) is 37.1 Å². The number of nitrogens with one attached hydrogen (secondary N) is 2. The first-order valence-corrected chi connectivity index (χ1v) is 12.1. The maximum absolute atomic E-state index is 12.9. The fourth-order valence-electron chi connectivity index (χ4n) is 3.09. The van der Waals surface area contributed by atoms with Gasteiger partial charge in [0, 0.05) is 30.9 Å². The third-order valence-electron chi connectivity index (χ3n) is 4.92. The van der Waals surface area contributed by atoms with Gasteiger partial charge in [-0.2, -0.15) is 13.2 Å². The van der Waals surface area contributed by atoms with E-state index in [2.05, 4.69) is 0 Å². The Balaban J connectivity index is 2.25. The maximum Gasteiger partial charge on any atom is 0.416 e. The molecule has 0 saturated heterocycles. The van der Waals surface area contributed by atoms with Gasteiger partial charge in [0.15, 0.2) is 4.90 Å². The second-order valence-electron chi connectivity index (χ2n) is 7.65. The molecule has 1 aromatic carbocycles. The average Bonchev–Trinajstić information content (AvgIpc) is 2.80. The molecule has 0 fully saturated rings. The number of hydrogen-bond acceptors (Lipinski definition) is 9. The molecule has 38 heavy (non-hydrogen) atoms. The van der Waals surface area contributed by atoms with Gasteiger partial charge in [0.2, 0.25) is 15.9 Å². The Morgan fingerprint density at radius 3 is 2.50 bits per heavy atom. The zero-order chi connectivity index (χ0) is 28.8. The summed E-state index contributed by atoms with van der Waals surface area (Å²) in [6, 6.07) is 0.868. The van der Waals surface area contributed by atoms with Gasteiger partial charge in [0.05, 0.1) is 17.1 Å². The quantitative estimate of drug-likeness (QED) is 0.217. The third kappa shape index (κ3) is 7.72. The molecule has 0 unspecified atom stereocenters. The van der Waals surface area contributed by atoms with Crippen LogP contribution in [0.1, 0.15) is 18.1 Å². The fourth-order valence-corrected chi connectivity index (χ4v) is 4.26. The third-order valence-corrected chi connectivity index (χ3v) is 6.43. The van der Waals surface area contributed by atoms with Gasteiger partial charge in [-0.05, 0) is 26.0 Å². The summed E-state index contributed by atoms with van der Waals surface area (Å²) < 4.78 is 71.5. The van der Waals surface area contributed by atoms with Gasteiger partial charge in [-0.25, -0.2) is 17.9 Å². The Labute approximate surface area is 212 Å². The molecule has 14 nitrogen and oxygen atoms in total. The van der Waals surface area contributed by atoms with Crippen molar-refractivity contribution in [2.24, 2.45) is 0 Å². The second kappa shape index (κ2) is 12.0. The molecule has 1 amide bonds.